The number of phosphoric acid groups is 2. The van der Waals surface area contributed by atoms with Crippen molar-refractivity contribution in [1.82, 2.24) is 10.2 Å². The lowest BCUT2D eigenvalue weighted by molar-refractivity contribution is -0.122. The van der Waals surface area contributed by atoms with Gasteiger partial charge in [-0.25, -0.2) is 22.8 Å². The van der Waals surface area contributed by atoms with E-state index >= 15 is 0 Å². The highest BCUT2D eigenvalue weighted by molar-refractivity contribution is 7.68. The summed E-state index contributed by atoms with van der Waals surface area (Å²) >= 11 is 0. The van der Waals surface area contributed by atoms with Crippen molar-refractivity contribution in [2.45, 2.75) is 18.3 Å². The van der Waals surface area contributed by atoms with Crippen LogP contribution in [-0.4, -0.2) is 80.6 Å². The summed E-state index contributed by atoms with van der Waals surface area (Å²) in [6.45, 7) is -1.50. The second kappa shape index (κ2) is 8.86. The Hall–Kier alpha value is -1.25. The Morgan fingerprint density at radius 1 is 1.28 bits per heavy atom. The molecule has 166 valence electrons. The molecule has 0 radical (unpaired) electrons. The molecule has 16 nitrogen and oxygen atoms in total. The SMILES string of the molecule is NC1=NC2C(N=CN2CC(CF)OCP(=O)(O)OP(=O)(O)OP(=O)(O)O)C(=O)N1. The average molecular weight is 483 g/mol. The number of nitrogens with two attached hydrogens (primary N) is 1. The van der Waals surface area contributed by atoms with E-state index in [1.165, 1.54) is 11.2 Å². The predicted molar refractivity (Wildman–Crippen MR) is 92.1 cm³/mol. The fraction of sp³-hybridized carbons (Fsp3) is 0.667. The Labute approximate surface area is 161 Å². The molecule has 1 amide bonds. The molecule has 0 aromatic rings. The number of amides is 1. The van der Waals surface area contributed by atoms with Crippen LogP contribution in [0, 0.1) is 0 Å². The number of halogens is 1. The molecule has 20 heteroatoms. The van der Waals surface area contributed by atoms with Gasteiger partial charge in [0.05, 0.1) is 6.34 Å². The van der Waals surface area contributed by atoms with E-state index < -0.39 is 60.5 Å². The third kappa shape index (κ3) is 7.19. The first-order valence-corrected chi connectivity index (χ1v) is 12.2. The first-order chi connectivity index (χ1) is 13.2. The van der Waals surface area contributed by atoms with Gasteiger partial charge < -0.3 is 34.9 Å². The van der Waals surface area contributed by atoms with Crippen molar-refractivity contribution in [3.63, 3.8) is 0 Å². The van der Waals surface area contributed by atoms with Crippen molar-refractivity contribution in [2.75, 3.05) is 19.6 Å². The predicted octanol–water partition coefficient (Wildman–Crippen LogP) is -1.81. The molecule has 2 aliphatic rings. The minimum atomic E-state index is -5.62. The van der Waals surface area contributed by atoms with Crippen molar-refractivity contribution >= 4 is 41.4 Å². The van der Waals surface area contributed by atoms with Crippen molar-refractivity contribution in [1.29, 1.82) is 0 Å². The van der Waals surface area contributed by atoms with Crippen LogP contribution < -0.4 is 11.1 Å². The van der Waals surface area contributed by atoms with Gasteiger partial charge in [-0.05, 0) is 0 Å². The highest BCUT2D eigenvalue weighted by Crippen LogP contribution is 2.65. The maximum Gasteiger partial charge on any atom is 0.488 e. The van der Waals surface area contributed by atoms with E-state index in [1.54, 1.807) is 0 Å². The van der Waals surface area contributed by atoms with Crippen molar-refractivity contribution in [3.05, 3.63) is 0 Å². The zero-order valence-electron chi connectivity index (χ0n) is 14.2. The number of rotatable bonds is 10. The molecule has 7 N–H and O–H groups in total. The van der Waals surface area contributed by atoms with Crippen LogP contribution >= 0.6 is 23.2 Å². The lowest BCUT2D eigenvalue weighted by atomic mass is 10.2. The number of nitrogens with one attached hydrogen (secondary N) is 1. The summed E-state index contributed by atoms with van der Waals surface area (Å²) in [7, 11) is -16.2. The minimum absolute atomic E-state index is 0.179. The van der Waals surface area contributed by atoms with Gasteiger partial charge in [-0.1, -0.05) is 0 Å². The number of ether oxygens (including phenoxy) is 1. The molecule has 0 saturated heterocycles. The van der Waals surface area contributed by atoms with E-state index in [0.717, 1.165) is 0 Å². The maximum atomic E-state index is 13.2. The number of aliphatic imine (C=N–C) groups is 2. The van der Waals surface area contributed by atoms with Crippen LogP contribution in [0.25, 0.3) is 0 Å². The first-order valence-electron chi connectivity index (χ1n) is 7.45. The van der Waals surface area contributed by atoms with Crippen molar-refractivity contribution in [2.24, 2.45) is 15.7 Å². The fourth-order valence-electron chi connectivity index (χ4n) is 2.28. The van der Waals surface area contributed by atoms with Crippen LogP contribution in [0.1, 0.15) is 0 Å². The summed E-state index contributed by atoms with van der Waals surface area (Å²) in [6, 6.07) is -0.931. The summed E-state index contributed by atoms with van der Waals surface area (Å²) < 4.78 is 58.9. The highest BCUT2D eigenvalue weighted by atomic mass is 31.3. The molecule has 5 unspecified atom stereocenters. The molecular formula is C9H17FN5O11P3. The molecule has 0 bridgehead atoms. The van der Waals surface area contributed by atoms with Gasteiger partial charge in [-0.15, -0.1) is 0 Å². The van der Waals surface area contributed by atoms with Crippen molar-refractivity contribution in [3.8, 4) is 0 Å². The van der Waals surface area contributed by atoms with E-state index in [1.807, 2.05) is 0 Å². The van der Waals surface area contributed by atoms with E-state index in [9.17, 15) is 27.8 Å². The van der Waals surface area contributed by atoms with Crippen molar-refractivity contribution < 1.29 is 55.8 Å². The molecule has 0 saturated carbocycles. The second-order valence-electron chi connectivity index (χ2n) is 5.66. The van der Waals surface area contributed by atoms with Gasteiger partial charge in [0.1, 0.15) is 19.1 Å². The first kappa shape index (κ1) is 24.0. The average Bonchev–Trinajstić information content (AvgIpc) is 2.90. The largest absolute Gasteiger partial charge is 0.488 e. The minimum Gasteiger partial charge on any atom is -0.370 e. The summed E-state index contributed by atoms with van der Waals surface area (Å²) in [4.78, 5) is 56.4. The van der Waals surface area contributed by atoms with Crippen LogP contribution in [-0.2, 0) is 31.8 Å². The smallest absolute Gasteiger partial charge is 0.370 e. The number of guanidine groups is 1. The number of carbonyl (C=O) groups is 1. The summed E-state index contributed by atoms with van der Waals surface area (Å²) in [6.07, 6.45) is -2.41. The Bertz CT molecular complexity index is 848. The normalized spacial score (nSPS) is 26.9. The van der Waals surface area contributed by atoms with Crippen LogP contribution in [0.2, 0.25) is 0 Å². The topological polar surface area (TPSA) is 243 Å². The standard InChI is InChI=1S/C9H17FN5O11P3/c10-1-5(2-15-3-12-6-7(15)13-9(11)14-8(6)16)24-4-27(17,18)25-29(22,23)26-28(19,20)21/h3,5-7H,1-2,4H2,(H,17,18)(H,22,23)(H2,19,20,21)(H3,11,13,14,16). The summed E-state index contributed by atoms with van der Waals surface area (Å²) in [5, 5.41) is 2.26. The Balaban J connectivity index is 1.95. The lowest BCUT2D eigenvalue weighted by Gasteiger charge is -2.29. The number of hydrogen-bond acceptors (Lipinski definition) is 11. The van der Waals surface area contributed by atoms with Gasteiger partial charge in [0, 0.05) is 6.54 Å². The third-order valence-electron chi connectivity index (χ3n) is 3.29. The molecule has 5 atom stereocenters. The van der Waals surface area contributed by atoms with Crippen LogP contribution in [0.3, 0.4) is 0 Å². The molecule has 0 spiro atoms. The number of carbonyl (C=O) groups excluding carboxylic acids is 1. The summed E-state index contributed by atoms with van der Waals surface area (Å²) in [5.74, 6) is -0.711. The molecular weight excluding hydrogens is 466 g/mol. The maximum absolute atomic E-state index is 13.2. The van der Waals surface area contributed by atoms with Gasteiger partial charge in [-0.3, -0.25) is 19.7 Å². The van der Waals surface area contributed by atoms with E-state index in [4.69, 9.17) is 25.2 Å². The quantitative estimate of drug-likeness (QED) is 0.188. The molecule has 0 aromatic carbocycles. The fourth-order valence-corrected chi connectivity index (χ4v) is 5.62. The molecule has 2 rings (SSSR count). The monoisotopic (exact) mass is 483 g/mol. The Morgan fingerprint density at radius 3 is 2.52 bits per heavy atom. The zero-order chi connectivity index (χ0) is 22.0. The van der Waals surface area contributed by atoms with Crippen LogP contribution in [0.15, 0.2) is 9.98 Å². The van der Waals surface area contributed by atoms with Gasteiger partial charge in [0.2, 0.25) is 0 Å². The van der Waals surface area contributed by atoms with Gasteiger partial charge in [0.25, 0.3) is 5.91 Å². The third-order valence-corrected chi connectivity index (χ3v) is 7.29. The van der Waals surface area contributed by atoms with Gasteiger partial charge in [0.15, 0.2) is 18.2 Å². The second-order valence-corrected chi connectivity index (χ2v) is 10.4. The molecule has 2 heterocycles. The number of alkyl halides is 1. The Kier molecular flexibility index (Phi) is 7.34. The number of fused-ring (bicyclic) bond motifs is 1. The molecule has 0 aromatic heterocycles. The number of nitrogens with zero attached hydrogens (tertiary/aromatic N) is 3. The van der Waals surface area contributed by atoms with Crippen LogP contribution in [0.4, 0.5) is 4.39 Å². The summed E-state index contributed by atoms with van der Waals surface area (Å²) in [5.41, 5.74) is 5.45. The van der Waals surface area contributed by atoms with Crippen LogP contribution in [0.5, 0.6) is 0 Å². The van der Waals surface area contributed by atoms with Gasteiger partial charge in [-0.2, -0.15) is 4.31 Å². The zero-order valence-corrected chi connectivity index (χ0v) is 16.9. The highest BCUT2D eigenvalue weighted by Gasteiger charge is 2.42. The van der Waals surface area contributed by atoms with Gasteiger partial charge >= 0.3 is 23.2 Å². The van der Waals surface area contributed by atoms with E-state index in [-0.39, 0.29) is 12.5 Å². The van der Waals surface area contributed by atoms with E-state index in [2.05, 4.69) is 23.9 Å². The molecule has 2 aliphatic heterocycles. The lowest BCUT2D eigenvalue weighted by Crippen LogP contribution is -2.54. The molecule has 0 aliphatic carbocycles. The Morgan fingerprint density at radius 2 is 1.93 bits per heavy atom. The van der Waals surface area contributed by atoms with E-state index in [0.29, 0.717) is 0 Å². The number of hydrogen-bond donors (Lipinski definition) is 6. The molecule has 0 fully saturated rings. The molecule has 29 heavy (non-hydrogen) atoms.